The summed E-state index contributed by atoms with van der Waals surface area (Å²) < 4.78 is 5.48. The van der Waals surface area contributed by atoms with Crippen LogP contribution in [0.15, 0.2) is 9.57 Å². The van der Waals surface area contributed by atoms with Gasteiger partial charge >= 0.3 is 0 Å². The van der Waals surface area contributed by atoms with Crippen LogP contribution in [0, 0.1) is 0 Å². The minimum absolute atomic E-state index is 0.151. The van der Waals surface area contributed by atoms with Gasteiger partial charge in [-0.3, -0.25) is 4.90 Å². The minimum atomic E-state index is 0.151. The maximum absolute atomic E-state index is 5.48. The van der Waals surface area contributed by atoms with Crippen LogP contribution in [0.5, 0.6) is 0 Å². The van der Waals surface area contributed by atoms with E-state index in [1.54, 1.807) is 0 Å². The Hall–Kier alpha value is -1.43. The monoisotopic (exact) mass is 252 g/mol. The van der Waals surface area contributed by atoms with Gasteiger partial charge in [-0.25, -0.2) is 0 Å². The van der Waals surface area contributed by atoms with Gasteiger partial charge in [-0.2, -0.15) is 0 Å². The fourth-order valence-corrected chi connectivity index (χ4v) is 1.93. The summed E-state index contributed by atoms with van der Waals surface area (Å²) >= 11 is 0. The van der Waals surface area contributed by atoms with Gasteiger partial charge < -0.3 is 9.25 Å². The van der Waals surface area contributed by atoms with Gasteiger partial charge in [0.05, 0.1) is 12.3 Å². The summed E-state index contributed by atoms with van der Waals surface area (Å²) in [5, 5.41) is 12.0. The molecule has 0 N–H and O–H groups in total. The van der Waals surface area contributed by atoms with Gasteiger partial charge in [0.15, 0.2) is 0 Å². The molecule has 1 aliphatic heterocycles. The third kappa shape index (κ3) is 3.29. The molecule has 0 amide bonds. The molecule has 0 saturated heterocycles. The topological polar surface area (TPSA) is 63.8 Å². The number of nitrogens with zero attached hydrogens (tertiary/aromatic N) is 4. The first-order chi connectivity index (χ1) is 8.71. The molecule has 0 unspecified atom stereocenters. The number of oxime groups is 1. The highest BCUT2D eigenvalue weighted by molar-refractivity contribution is 5.85. The Labute approximate surface area is 107 Å². The number of aromatic nitrogens is 2. The molecule has 0 radical (unpaired) electrons. The average molecular weight is 252 g/mol. The standard InChI is InChI=1S/C12H20N4O2/c1-4-9-6-10(18-15-9)7-16(3)8-12-14-13-11(5-2)17-12/h10H,4-8H2,1-3H3/t10-/m1/s1. The lowest BCUT2D eigenvalue weighted by atomic mass is 10.1. The normalized spacial score (nSPS) is 19.1. The number of likely N-dealkylation sites (N-methyl/N-ethyl adjacent to an activating group) is 1. The Morgan fingerprint density at radius 3 is 2.61 bits per heavy atom. The lowest BCUT2D eigenvalue weighted by Gasteiger charge is -2.17. The van der Waals surface area contributed by atoms with Gasteiger partial charge in [0.2, 0.25) is 11.8 Å². The summed E-state index contributed by atoms with van der Waals surface area (Å²) in [4.78, 5) is 7.49. The molecule has 0 fully saturated rings. The van der Waals surface area contributed by atoms with E-state index < -0.39 is 0 Å². The summed E-state index contributed by atoms with van der Waals surface area (Å²) in [6.07, 6.45) is 2.81. The maximum atomic E-state index is 5.48. The lowest BCUT2D eigenvalue weighted by molar-refractivity contribution is 0.0557. The summed E-state index contributed by atoms with van der Waals surface area (Å²) in [7, 11) is 2.02. The Kier molecular flexibility index (Phi) is 4.30. The zero-order chi connectivity index (χ0) is 13.0. The van der Waals surface area contributed by atoms with Crippen LogP contribution in [0.2, 0.25) is 0 Å². The van der Waals surface area contributed by atoms with Gasteiger partial charge in [0.25, 0.3) is 0 Å². The second-order valence-electron chi connectivity index (χ2n) is 4.58. The zero-order valence-electron chi connectivity index (χ0n) is 11.2. The predicted octanol–water partition coefficient (Wildman–Crippen LogP) is 1.62. The van der Waals surface area contributed by atoms with E-state index in [4.69, 9.17) is 9.25 Å². The van der Waals surface area contributed by atoms with E-state index in [1.165, 1.54) is 0 Å². The molecule has 6 nitrogen and oxygen atoms in total. The second kappa shape index (κ2) is 5.95. The molecule has 0 spiro atoms. The molecular formula is C12H20N4O2. The smallest absolute Gasteiger partial charge is 0.230 e. The number of hydrogen-bond acceptors (Lipinski definition) is 6. The quantitative estimate of drug-likeness (QED) is 0.769. The van der Waals surface area contributed by atoms with Crippen LogP contribution in [0.4, 0.5) is 0 Å². The maximum Gasteiger partial charge on any atom is 0.230 e. The van der Waals surface area contributed by atoms with Crippen LogP contribution >= 0.6 is 0 Å². The highest BCUT2D eigenvalue weighted by Gasteiger charge is 2.21. The molecule has 0 bridgehead atoms. The van der Waals surface area contributed by atoms with E-state index in [-0.39, 0.29) is 6.10 Å². The fourth-order valence-electron chi connectivity index (χ4n) is 1.93. The van der Waals surface area contributed by atoms with E-state index in [0.717, 1.165) is 31.5 Å². The van der Waals surface area contributed by atoms with E-state index in [9.17, 15) is 0 Å². The van der Waals surface area contributed by atoms with Crippen molar-refractivity contribution in [3.63, 3.8) is 0 Å². The third-order valence-electron chi connectivity index (χ3n) is 2.93. The predicted molar refractivity (Wildman–Crippen MR) is 67.2 cm³/mol. The van der Waals surface area contributed by atoms with Crippen LogP contribution in [-0.4, -0.2) is 40.5 Å². The third-order valence-corrected chi connectivity index (χ3v) is 2.93. The SMILES string of the molecule is CCC1=NO[C@@H](CN(C)Cc2nnc(CC)o2)C1. The largest absolute Gasteiger partial charge is 0.424 e. The molecule has 2 heterocycles. The van der Waals surface area contributed by atoms with Crippen molar-refractivity contribution < 1.29 is 9.25 Å². The van der Waals surface area contributed by atoms with E-state index in [2.05, 4.69) is 27.2 Å². The molecule has 1 aromatic heterocycles. The summed E-state index contributed by atoms with van der Waals surface area (Å²) in [6, 6.07) is 0. The number of rotatable bonds is 6. The van der Waals surface area contributed by atoms with Crippen molar-refractivity contribution in [2.24, 2.45) is 5.16 Å². The van der Waals surface area contributed by atoms with Crippen molar-refractivity contribution in [2.45, 2.75) is 45.8 Å². The molecule has 100 valence electrons. The van der Waals surface area contributed by atoms with Crippen LogP contribution in [0.1, 0.15) is 38.5 Å². The van der Waals surface area contributed by atoms with Crippen molar-refractivity contribution in [2.75, 3.05) is 13.6 Å². The first kappa shape index (κ1) is 13.0. The van der Waals surface area contributed by atoms with Crippen molar-refractivity contribution in [1.82, 2.24) is 15.1 Å². The molecule has 2 rings (SSSR count). The van der Waals surface area contributed by atoms with Gasteiger partial charge in [0, 0.05) is 19.4 Å². The van der Waals surface area contributed by atoms with Gasteiger partial charge in [-0.1, -0.05) is 19.0 Å². The summed E-state index contributed by atoms with van der Waals surface area (Å²) in [5.74, 6) is 1.34. The van der Waals surface area contributed by atoms with Gasteiger partial charge in [-0.05, 0) is 13.5 Å². The molecule has 1 aliphatic rings. The van der Waals surface area contributed by atoms with Crippen LogP contribution in [0.25, 0.3) is 0 Å². The molecule has 0 aliphatic carbocycles. The van der Waals surface area contributed by atoms with Crippen molar-refractivity contribution in [3.8, 4) is 0 Å². The fraction of sp³-hybridized carbons (Fsp3) is 0.750. The first-order valence-electron chi connectivity index (χ1n) is 6.42. The van der Waals surface area contributed by atoms with Crippen LogP contribution in [0.3, 0.4) is 0 Å². The Morgan fingerprint density at radius 2 is 2.00 bits per heavy atom. The molecular weight excluding hydrogens is 232 g/mol. The van der Waals surface area contributed by atoms with E-state index >= 15 is 0 Å². The summed E-state index contributed by atoms with van der Waals surface area (Å²) in [6.45, 7) is 5.56. The second-order valence-corrected chi connectivity index (χ2v) is 4.58. The molecule has 1 aromatic rings. The molecule has 0 aromatic carbocycles. The van der Waals surface area contributed by atoms with Crippen LogP contribution in [-0.2, 0) is 17.8 Å². The minimum Gasteiger partial charge on any atom is -0.424 e. The molecule has 1 atom stereocenters. The van der Waals surface area contributed by atoms with E-state index in [0.29, 0.717) is 18.3 Å². The Balaban J connectivity index is 1.77. The molecule has 6 heteroatoms. The number of hydrogen-bond donors (Lipinski definition) is 0. The molecule has 0 saturated carbocycles. The van der Waals surface area contributed by atoms with Crippen molar-refractivity contribution >= 4 is 5.71 Å². The van der Waals surface area contributed by atoms with Gasteiger partial charge in [-0.15, -0.1) is 10.2 Å². The average Bonchev–Trinajstić information content (AvgIpc) is 2.98. The Morgan fingerprint density at radius 1 is 1.22 bits per heavy atom. The summed E-state index contributed by atoms with van der Waals surface area (Å²) in [5.41, 5.74) is 1.14. The Bertz CT molecular complexity index is 416. The highest BCUT2D eigenvalue weighted by Crippen LogP contribution is 2.14. The van der Waals surface area contributed by atoms with Crippen molar-refractivity contribution in [3.05, 3.63) is 11.8 Å². The highest BCUT2D eigenvalue weighted by atomic mass is 16.6. The zero-order valence-corrected chi connectivity index (χ0v) is 11.2. The lowest BCUT2D eigenvalue weighted by Crippen LogP contribution is -2.29. The molecule has 18 heavy (non-hydrogen) atoms. The van der Waals surface area contributed by atoms with Gasteiger partial charge in [0.1, 0.15) is 6.10 Å². The number of aryl methyl sites for hydroxylation is 1. The first-order valence-corrected chi connectivity index (χ1v) is 6.42. The van der Waals surface area contributed by atoms with Crippen molar-refractivity contribution in [1.29, 1.82) is 0 Å². The van der Waals surface area contributed by atoms with Crippen LogP contribution < -0.4 is 0 Å². The van der Waals surface area contributed by atoms with E-state index in [1.807, 2.05) is 14.0 Å².